The van der Waals surface area contributed by atoms with Crippen LogP contribution in [0, 0.1) is 0 Å². The average molecular weight is 761 g/mol. The summed E-state index contributed by atoms with van der Waals surface area (Å²) in [7, 11) is 0. The predicted molar refractivity (Wildman–Crippen MR) is 180 cm³/mol. The zero-order chi connectivity index (χ0) is 31.5. The first-order valence-electron chi connectivity index (χ1n) is 13.9. The van der Waals surface area contributed by atoms with Gasteiger partial charge >= 0.3 is 5.97 Å². The van der Waals surface area contributed by atoms with E-state index in [0.717, 1.165) is 20.1 Å². The van der Waals surface area contributed by atoms with E-state index in [1.807, 2.05) is 74.5 Å². The summed E-state index contributed by atoms with van der Waals surface area (Å²) in [5, 5.41) is 0.664. The predicted octanol–water partition coefficient (Wildman–Crippen LogP) is 7.34. The Morgan fingerprint density at radius 3 is 2.45 bits per heavy atom. The van der Waals surface area contributed by atoms with Crippen LogP contribution in [0.5, 0.6) is 11.5 Å². The average Bonchev–Trinajstić information content (AvgIpc) is 3.26. The Morgan fingerprint density at radius 1 is 1.11 bits per heavy atom. The van der Waals surface area contributed by atoms with Crippen molar-refractivity contribution in [3.63, 3.8) is 0 Å². The first kappa shape index (κ1) is 32.2. The number of benzene rings is 3. The zero-order valence-electron chi connectivity index (χ0n) is 24.4. The van der Waals surface area contributed by atoms with Gasteiger partial charge in [-0.1, -0.05) is 53.3 Å². The van der Waals surface area contributed by atoms with Gasteiger partial charge in [0, 0.05) is 10.6 Å². The number of carbonyl (C=O) groups excluding carboxylic acids is 1. The molecule has 2 heterocycles. The molecule has 228 valence electrons. The van der Waals surface area contributed by atoms with Gasteiger partial charge in [0.15, 0.2) is 4.80 Å². The number of thiazole rings is 1. The number of para-hydroxylation sites is 1. The van der Waals surface area contributed by atoms with Gasteiger partial charge in [-0.2, -0.15) is 0 Å². The minimum Gasteiger partial charge on any atom is -0.491 e. The van der Waals surface area contributed by atoms with E-state index in [0.29, 0.717) is 49.3 Å². The van der Waals surface area contributed by atoms with Crippen LogP contribution in [0.25, 0.3) is 6.08 Å². The Kier molecular flexibility index (Phi) is 10.1. The van der Waals surface area contributed by atoms with Crippen LogP contribution < -0.4 is 24.4 Å². The highest BCUT2D eigenvalue weighted by Gasteiger charge is 2.35. The molecule has 0 aliphatic carbocycles. The largest absolute Gasteiger partial charge is 0.491 e. The lowest BCUT2D eigenvalue weighted by molar-refractivity contribution is -0.139. The number of halogens is 3. The number of nitrogens with zero attached hydrogens (tertiary/aromatic N) is 2. The van der Waals surface area contributed by atoms with E-state index >= 15 is 0 Å². The summed E-state index contributed by atoms with van der Waals surface area (Å²) < 4.78 is 21.1. The van der Waals surface area contributed by atoms with Gasteiger partial charge in [0.05, 0.1) is 37.5 Å². The topological polar surface area (TPSA) is 79.1 Å². The molecule has 4 aromatic rings. The maximum Gasteiger partial charge on any atom is 0.338 e. The number of ether oxygens (including phenoxy) is 3. The second kappa shape index (κ2) is 13.9. The second-order valence-electron chi connectivity index (χ2n) is 10.2. The van der Waals surface area contributed by atoms with Crippen molar-refractivity contribution in [3.8, 4) is 11.5 Å². The molecular weight excluding hydrogens is 732 g/mol. The minimum absolute atomic E-state index is 0.113. The number of fused-ring (bicyclic) bond motifs is 1. The third-order valence-corrected chi connectivity index (χ3v) is 9.12. The molecule has 44 heavy (non-hydrogen) atoms. The van der Waals surface area contributed by atoms with Crippen molar-refractivity contribution < 1.29 is 19.0 Å². The molecule has 0 saturated carbocycles. The van der Waals surface area contributed by atoms with Crippen LogP contribution in [0.2, 0.25) is 5.02 Å². The van der Waals surface area contributed by atoms with Crippen LogP contribution in [-0.2, 0) is 16.1 Å². The van der Waals surface area contributed by atoms with Crippen molar-refractivity contribution in [1.82, 2.24) is 4.57 Å². The fraction of sp³-hybridized carbons (Fsp3) is 0.242. The number of rotatable bonds is 9. The van der Waals surface area contributed by atoms with E-state index in [9.17, 15) is 9.59 Å². The molecule has 0 bridgehead atoms. The van der Waals surface area contributed by atoms with Gasteiger partial charge in [-0.25, -0.2) is 9.79 Å². The molecular formula is C33H29Br2ClN2O5S. The third-order valence-electron chi connectivity index (χ3n) is 6.71. The monoisotopic (exact) mass is 758 g/mol. The van der Waals surface area contributed by atoms with Crippen LogP contribution in [0.3, 0.4) is 0 Å². The number of carbonyl (C=O) groups is 1. The molecule has 1 atom stereocenters. The van der Waals surface area contributed by atoms with E-state index < -0.39 is 12.0 Å². The van der Waals surface area contributed by atoms with Crippen molar-refractivity contribution in [3.05, 3.63) is 122 Å². The maximum atomic E-state index is 14.1. The molecule has 5 rings (SSSR count). The van der Waals surface area contributed by atoms with Crippen LogP contribution in [-0.4, -0.2) is 23.2 Å². The van der Waals surface area contributed by atoms with E-state index in [2.05, 4.69) is 36.9 Å². The van der Waals surface area contributed by atoms with Gasteiger partial charge in [-0.05, 0) is 107 Å². The SMILES string of the molecule is CCOC(=O)C1=C(C)N=c2s/c(=C/c3cc(Br)c(OCc4ccc(Cl)cc4)c(Br)c3)c(=O)n2[C@@H]1c1ccccc1OC(C)C. The molecule has 0 spiro atoms. The van der Waals surface area contributed by atoms with Gasteiger partial charge in [0.2, 0.25) is 0 Å². The summed E-state index contributed by atoms with van der Waals surface area (Å²) in [5.74, 6) is 0.699. The van der Waals surface area contributed by atoms with Crippen LogP contribution in [0.15, 0.2) is 90.7 Å². The normalized spacial score (nSPS) is 14.8. The molecule has 7 nitrogen and oxygen atoms in total. The highest BCUT2D eigenvalue weighted by atomic mass is 79.9. The molecule has 11 heteroatoms. The summed E-state index contributed by atoms with van der Waals surface area (Å²) >= 11 is 14.5. The standard InChI is InChI=1S/C33H29Br2ClN2O5S/c1-5-41-32(40)28-19(4)37-33-38(29(28)23-8-6-7-9-26(23)43-18(2)3)31(39)27(44-33)16-21-14-24(34)30(25(35)15-21)42-17-20-10-12-22(36)13-11-20/h6-16,18,29H,5,17H2,1-4H3/b27-16+/t29-/m1/s1. The highest BCUT2D eigenvalue weighted by Crippen LogP contribution is 2.37. The van der Waals surface area contributed by atoms with E-state index in [1.54, 1.807) is 24.5 Å². The number of hydrogen-bond donors (Lipinski definition) is 0. The first-order chi connectivity index (χ1) is 21.1. The summed E-state index contributed by atoms with van der Waals surface area (Å²) in [6, 6.07) is 17.9. The fourth-order valence-corrected chi connectivity index (χ4v) is 7.47. The molecule has 0 fully saturated rings. The maximum absolute atomic E-state index is 14.1. The molecule has 1 aliphatic rings. The van der Waals surface area contributed by atoms with E-state index in [4.69, 9.17) is 25.8 Å². The summed E-state index contributed by atoms with van der Waals surface area (Å²) in [5.41, 5.74) is 2.95. The fourth-order valence-electron chi connectivity index (χ4n) is 4.84. The highest BCUT2D eigenvalue weighted by molar-refractivity contribution is 9.11. The molecule has 1 aromatic heterocycles. The number of aromatic nitrogens is 1. The van der Waals surface area contributed by atoms with Crippen LogP contribution in [0.4, 0.5) is 0 Å². The first-order valence-corrected chi connectivity index (χ1v) is 16.7. The van der Waals surface area contributed by atoms with Crippen molar-refractivity contribution in [2.75, 3.05) is 6.61 Å². The van der Waals surface area contributed by atoms with Gasteiger partial charge in [-0.15, -0.1) is 0 Å². The van der Waals surface area contributed by atoms with Gasteiger partial charge < -0.3 is 14.2 Å². The van der Waals surface area contributed by atoms with Crippen molar-refractivity contribution in [1.29, 1.82) is 0 Å². The number of allylic oxidation sites excluding steroid dienone is 1. The Balaban J connectivity index is 1.58. The lowest BCUT2D eigenvalue weighted by Gasteiger charge is -2.26. The lowest BCUT2D eigenvalue weighted by Crippen LogP contribution is -2.40. The van der Waals surface area contributed by atoms with Gasteiger partial charge in [0.1, 0.15) is 24.1 Å². The van der Waals surface area contributed by atoms with Gasteiger partial charge in [0.25, 0.3) is 5.56 Å². The van der Waals surface area contributed by atoms with Crippen molar-refractivity contribution >= 4 is 66.8 Å². The smallest absolute Gasteiger partial charge is 0.338 e. The van der Waals surface area contributed by atoms with E-state index in [-0.39, 0.29) is 18.3 Å². The third kappa shape index (κ3) is 6.88. The molecule has 0 unspecified atom stereocenters. The summed E-state index contributed by atoms with van der Waals surface area (Å²) in [6.45, 7) is 7.92. The Morgan fingerprint density at radius 2 is 1.80 bits per heavy atom. The Bertz CT molecular complexity index is 1910. The molecule has 0 radical (unpaired) electrons. The number of hydrogen-bond acceptors (Lipinski definition) is 7. The van der Waals surface area contributed by atoms with Crippen molar-refractivity contribution in [2.45, 2.75) is 46.4 Å². The molecule has 1 aliphatic heterocycles. The summed E-state index contributed by atoms with van der Waals surface area (Å²) in [6.07, 6.45) is 1.69. The van der Waals surface area contributed by atoms with E-state index in [1.165, 1.54) is 11.3 Å². The zero-order valence-corrected chi connectivity index (χ0v) is 29.1. The van der Waals surface area contributed by atoms with Gasteiger partial charge in [-0.3, -0.25) is 9.36 Å². The lowest BCUT2D eigenvalue weighted by atomic mass is 9.95. The molecule has 0 saturated heterocycles. The number of esters is 1. The molecule has 0 amide bonds. The van der Waals surface area contributed by atoms with Crippen LogP contribution in [0.1, 0.15) is 50.4 Å². The van der Waals surface area contributed by atoms with Crippen molar-refractivity contribution in [2.24, 2.45) is 4.99 Å². The molecule has 0 N–H and O–H groups in total. The second-order valence-corrected chi connectivity index (χ2v) is 13.4. The minimum atomic E-state index is -0.774. The van der Waals surface area contributed by atoms with Crippen LogP contribution >= 0.6 is 54.8 Å². The quantitative estimate of drug-likeness (QED) is 0.167. The summed E-state index contributed by atoms with van der Waals surface area (Å²) in [4.78, 5) is 32.5. The molecule has 3 aromatic carbocycles. The Hall–Kier alpha value is -3.18. The Labute approximate surface area is 280 Å².